The summed E-state index contributed by atoms with van der Waals surface area (Å²) in [5.41, 5.74) is 6.68. The Balaban J connectivity index is 1.66. The summed E-state index contributed by atoms with van der Waals surface area (Å²) in [5, 5.41) is 5.98. The van der Waals surface area contributed by atoms with Crippen LogP contribution in [0.25, 0.3) is 22.3 Å². The summed E-state index contributed by atoms with van der Waals surface area (Å²) >= 11 is 7.18. The fourth-order valence-corrected chi connectivity index (χ4v) is 3.62. The number of benzene rings is 1. The number of H-pyrrole nitrogens is 1. The Morgan fingerprint density at radius 3 is 2.97 bits per heavy atom. The second-order valence-corrected chi connectivity index (χ2v) is 7.45. The van der Waals surface area contributed by atoms with Gasteiger partial charge in [-0.25, -0.2) is 14.4 Å². The molecule has 0 aliphatic heterocycles. The molecule has 11 heteroatoms. The molecule has 4 N–H and O–H groups in total. The van der Waals surface area contributed by atoms with E-state index in [0.29, 0.717) is 52.1 Å². The van der Waals surface area contributed by atoms with E-state index in [4.69, 9.17) is 22.1 Å². The molecule has 0 saturated carbocycles. The van der Waals surface area contributed by atoms with E-state index in [2.05, 4.69) is 25.3 Å². The second-order valence-electron chi connectivity index (χ2n) is 6.19. The summed E-state index contributed by atoms with van der Waals surface area (Å²) in [5.74, 6) is 0.102. The molecule has 3 heterocycles. The topological polar surface area (TPSA) is 119 Å². The summed E-state index contributed by atoms with van der Waals surface area (Å²) in [6.45, 7) is 1.05. The van der Waals surface area contributed by atoms with Gasteiger partial charge in [0.05, 0.1) is 10.4 Å². The first-order valence-corrected chi connectivity index (χ1v) is 10.2. The predicted molar refractivity (Wildman–Crippen MR) is 115 cm³/mol. The number of hydrogen-bond donors (Lipinski definition) is 3. The molecule has 154 valence electrons. The van der Waals surface area contributed by atoms with Crippen LogP contribution in [0.1, 0.15) is 5.82 Å². The van der Waals surface area contributed by atoms with Crippen molar-refractivity contribution in [1.82, 2.24) is 19.9 Å². The Morgan fingerprint density at radius 2 is 2.17 bits per heavy atom. The van der Waals surface area contributed by atoms with E-state index in [-0.39, 0.29) is 17.2 Å². The number of aromatic nitrogens is 4. The molecule has 30 heavy (non-hydrogen) atoms. The maximum absolute atomic E-state index is 13.3. The molecule has 4 rings (SSSR count). The number of nitrogens with zero attached hydrogens (tertiary/aromatic N) is 3. The smallest absolute Gasteiger partial charge is 0.258 e. The van der Waals surface area contributed by atoms with Crippen molar-refractivity contribution >= 4 is 39.0 Å². The third-order valence-corrected chi connectivity index (χ3v) is 5.20. The van der Waals surface area contributed by atoms with Crippen LogP contribution in [0.15, 0.2) is 40.6 Å². The van der Waals surface area contributed by atoms with Gasteiger partial charge in [-0.3, -0.25) is 9.78 Å². The summed E-state index contributed by atoms with van der Waals surface area (Å²) in [7, 11) is 0. The van der Waals surface area contributed by atoms with Crippen LogP contribution in [-0.4, -0.2) is 33.0 Å². The normalized spacial score (nSPS) is 11.0. The van der Waals surface area contributed by atoms with Crippen LogP contribution in [0.4, 0.5) is 9.52 Å². The zero-order valence-electron chi connectivity index (χ0n) is 15.5. The van der Waals surface area contributed by atoms with Gasteiger partial charge in [0.15, 0.2) is 5.13 Å². The Bertz CT molecular complexity index is 1260. The fraction of sp³-hybridized carbons (Fsp3) is 0.158. The number of rotatable bonds is 7. The molecule has 0 unspecified atom stereocenters. The van der Waals surface area contributed by atoms with Crippen LogP contribution >= 0.6 is 22.9 Å². The highest BCUT2D eigenvalue weighted by molar-refractivity contribution is 7.14. The van der Waals surface area contributed by atoms with Gasteiger partial charge in [-0.2, -0.15) is 0 Å². The number of nitrogens with two attached hydrogens (primary N) is 1. The zero-order valence-corrected chi connectivity index (χ0v) is 17.1. The molecule has 0 fully saturated rings. The first kappa shape index (κ1) is 20.2. The van der Waals surface area contributed by atoms with Crippen molar-refractivity contribution in [1.29, 1.82) is 0 Å². The van der Waals surface area contributed by atoms with E-state index in [1.807, 2.05) is 5.38 Å². The number of anilines is 1. The number of thiazole rings is 1. The molecule has 1 aromatic carbocycles. The Labute approximate surface area is 178 Å². The number of pyridine rings is 1. The molecule has 0 spiro atoms. The number of ether oxygens (including phenoxy) is 1. The van der Waals surface area contributed by atoms with Gasteiger partial charge in [0.1, 0.15) is 40.9 Å². The Kier molecular flexibility index (Phi) is 5.88. The molecule has 0 bridgehead atoms. The van der Waals surface area contributed by atoms with Gasteiger partial charge in [0, 0.05) is 30.7 Å². The number of hydrogen-bond acceptors (Lipinski definition) is 8. The lowest BCUT2D eigenvalue weighted by atomic mass is 10.2. The average molecular weight is 447 g/mol. The summed E-state index contributed by atoms with van der Waals surface area (Å²) in [6.07, 6.45) is 1.54. The van der Waals surface area contributed by atoms with Crippen molar-refractivity contribution in [3.8, 4) is 17.1 Å². The van der Waals surface area contributed by atoms with Gasteiger partial charge in [0.25, 0.3) is 5.56 Å². The average Bonchev–Trinajstić information content (AvgIpc) is 3.21. The van der Waals surface area contributed by atoms with Crippen LogP contribution in [0.3, 0.4) is 0 Å². The predicted octanol–water partition coefficient (Wildman–Crippen LogP) is 3.18. The highest BCUT2D eigenvalue weighted by atomic mass is 35.5. The molecular weight excluding hydrogens is 431 g/mol. The lowest BCUT2D eigenvalue weighted by molar-refractivity contribution is 0.295. The molecule has 8 nitrogen and oxygen atoms in total. The minimum absolute atomic E-state index is 0.0398. The van der Waals surface area contributed by atoms with Crippen molar-refractivity contribution < 1.29 is 9.13 Å². The summed E-state index contributed by atoms with van der Waals surface area (Å²) in [4.78, 5) is 28.6. The highest BCUT2D eigenvalue weighted by Gasteiger charge is 2.14. The molecule has 0 radical (unpaired) electrons. The standard InChI is InChI=1S/C19H16ClFN6O2S/c20-12-7-10(1-2-13(12)21)29-8-15-26-16-11(18(28)27-15)3-5-23-17(16)14-9-30-19(25-14)24-6-4-22/h1-3,5,7,9H,4,6,8,22H2,(H,24,25)(H,26,27,28). The van der Waals surface area contributed by atoms with Gasteiger partial charge in [-0.1, -0.05) is 11.6 Å². The van der Waals surface area contributed by atoms with Crippen molar-refractivity contribution in [2.24, 2.45) is 5.73 Å². The van der Waals surface area contributed by atoms with Gasteiger partial charge in [0.2, 0.25) is 0 Å². The molecule has 0 amide bonds. The lowest BCUT2D eigenvalue weighted by Crippen LogP contribution is -2.14. The molecule has 0 saturated heterocycles. The molecule has 0 atom stereocenters. The molecule has 3 aromatic heterocycles. The number of nitrogens with one attached hydrogen (secondary N) is 2. The van der Waals surface area contributed by atoms with E-state index in [1.165, 1.54) is 35.7 Å². The fourth-order valence-electron chi connectivity index (χ4n) is 2.73. The largest absolute Gasteiger partial charge is 0.486 e. The quantitative estimate of drug-likeness (QED) is 0.399. The molecule has 4 aromatic rings. The van der Waals surface area contributed by atoms with E-state index in [9.17, 15) is 9.18 Å². The SMILES string of the molecule is NCCNc1nc(-c2nccc3c(=O)[nH]c(COc4ccc(F)c(Cl)c4)nc23)cs1. The Morgan fingerprint density at radius 1 is 1.30 bits per heavy atom. The van der Waals surface area contributed by atoms with Crippen LogP contribution in [0.5, 0.6) is 5.75 Å². The minimum atomic E-state index is -0.541. The number of aromatic amines is 1. The molecule has 0 aliphatic carbocycles. The van der Waals surface area contributed by atoms with Crippen LogP contribution in [0.2, 0.25) is 5.02 Å². The van der Waals surface area contributed by atoms with Crippen molar-refractivity contribution in [2.75, 3.05) is 18.4 Å². The van der Waals surface area contributed by atoms with Crippen LogP contribution in [0, 0.1) is 5.82 Å². The van der Waals surface area contributed by atoms with Gasteiger partial charge in [-0.15, -0.1) is 11.3 Å². The first-order chi connectivity index (χ1) is 14.5. The van der Waals surface area contributed by atoms with Gasteiger partial charge >= 0.3 is 0 Å². The van der Waals surface area contributed by atoms with E-state index in [0.717, 1.165) is 0 Å². The monoisotopic (exact) mass is 446 g/mol. The first-order valence-electron chi connectivity index (χ1n) is 8.91. The molecule has 0 aliphatic rings. The highest BCUT2D eigenvalue weighted by Crippen LogP contribution is 2.27. The zero-order chi connectivity index (χ0) is 21.1. The third kappa shape index (κ3) is 4.25. The van der Waals surface area contributed by atoms with Gasteiger partial charge < -0.3 is 20.8 Å². The van der Waals surface area contributed by atoms with Crippen LogP contribution < -0.4 is 21.3 Å². The second kappa shape index (κ2) is 8.74. The van der Waals surface area contributed by atoms with E-state index >= 15 is 0 Å². The minimum Gasteiger partial charge on any atom is -0.486 e. The van der Waals surface area contributed by atoms with Crippen molar-refractivity contribution in [3.05, 3.63) is 62.9 Å². The van der Waals surface area contributed by atoms with Crippen LogP contribution in [-0.2, 0) is 6.61 Å². The van der Waals surface area contributed by atoms with Gasteiger partial charge in [-0.05, 0) is 18.2 Å². The maximum Gasteiger partial charge on any atom is 0.258 e. The van der Waals surface area contributed by atoms with Crippen molar-refractivity contribution in [2.45, 2.75) is 6.61 Å². The summed E-state index contributed by atoms with van der Waals surface area (Å²) in [6, 6.07) is 5.59. The van der Waals surface area contributed by atoms with E-state index < -0.39 is 5.82 Å². The number of halogens is 2. The summed E-state index contributed by atoms with van der Waals surface area (Å²) < 4.78 is 18.9. The van der Waals surface area contributed by atoms with E-state index in [1.54, 1.807) is 6.07 Å². The molecular formula is C19H16ClFN6O2S. The third-order valence-electron chi connectivity index (χ3n) is 4.11. The number of fused-ring (bicyclic) bond motifs is 1. The lowest BCUT2D eigenvalue weighted by Gasteiger charge is -2.08. The Hall–Kier alpha value is -3.08. The van der Waals surface area contributed by atoms with Crippen molar-refractivity contribution in [3.63, 3.8) is 0 Å². The maximum atomic E-state index is 13.3.